The second-order valence-electron chi connectivity index (χ2n) is 26.7. The van der Waals surface area contributed by atoms with Gasteiger partial charge in [-0.2, -0.15) is 0 Å². The molecule has 0 spiro atoms. The number of fused-ring (bicyclic) bond motifs is 14. The normalized spacial score (nSPS) is 11.5. The molecule has 0 saturated carbocycles. The van der Waals surface area contributed by atoms with Crippen molar-refractivity contribution in [2.24, 2.45) is 0 Å². The van der Waals surface area contributed by atoms with Crippen LogP contribution in [0, 0.1) is 0 Å². The highest BCUT2D eigenvalue weighted by Crippen LogP contribution is 2.46. The molecule has 0 aliphatic carbocycles. The monoisotopic (exact) mass is 1330 g/mol. The van der Waals surface area contributed by atoms with Gasteiger partial charge in [-0.1, -0.05) is 297 Å². The first-order valence-electron chi connectivity index (χ1n) is 35.5. The summed E-state index contributed by atoms with van der Waals surface area (Å²) in [6.45, 7) is 0. The molecular weight excluding hydrogens is 1260 g/mol. The van der Waals surface area contributed by atoms with Crippen LogP contribution < -0.4 is 9.80 Å². The van der Waals surface area contributed by atoms with Crippen LogP contribution in [0.5, 0.6) is 0 Å². The van der Waals surface area contributed by atoms with Gasteiger partial charge < -0.3 is 18.6 Å². The van der Waals surface area contributed by atoms with Crippen LogP contribution in [0.2, 0.25) is 0 Å². The minimum atomic E-state index is 0.920. The third-order valence-corrected chi connectivity index (χ3v) is 20.5. The molecule has 0 bridgehead atoms. The maximum absolute atomic E-state index is 6.27. The average molecular weight is 1330 g/mol. The molecule has 0 fully saturated rings. The number of anilines is 6. The van der Waals surface area contributed by atoms with Crippen LogP contribution in [0.1, 0.15) is 0 Å². The molecule has 0 radical (unpaired) electrons. The molecule has 20 rings (SSSR count). The molecule has 0 atom stereocenters. The standard InChI is InChI=1S/2C50H33NO/c1-3-12-34(13-4-1)35-24-28-41(29-25-35)51(46-20-9-7-18-43(46)36-14-5-2-6-15-36)42-17-11-16-38(33-42)39-26-30-44-40(32-39)23-22-37-27-31-48-50(49(37)44)45-19-8-10-21-47(45)52-48;1-3-9-34(10-4-1)36-17-25-42(26-18-36)51(43-27-19-37(20-28-43)35-11-5-2-6-12-35)44-29-21-38(22-30-44)40-23-31-45-41(33-40)16-15-39-24-32-48-50(49(39)45)46-13-7-8-14-47(46)52-48/h2*1-33H. The second-order valence-corrected chi connectivity index (χ2v) is 26.7. The van der Waals surface area contributed by atoms with Crippen LogP contribution in [-0.4, -0.2) is 0 Å². The number of rotatable bonds is 12. The van der Waals surface area contributed by atoms with Gasteiger partial charge in [0.25, 0.3) is 0 Å². The van der Waals surface area contributed by atoms with Crippen LogP contribution in [-0.2, 0) is 0 Å². The topological polar surface area (TPSA) is 32.8 Å². The Morgan fingerprint density at radius 3 is 0.952 bits per heavy atom. The predicted octanol–water partition coefficient (Wildman–Crippen LogP) is 28.7. The van der Waals surface area contributed by atoms with Gasteiger partial charge in [0.15, 0.2) is 0 Å². The number of benzene rings is 18. The summed E-state index contributed by atoms with van der Waals surface area (Å²) < 4.78 is 12.5. The fourth-order valence-corrected chi connectivity index (χ4v) is 15.4. The van der Waals surface area contributed by atoms with Crippen molar-refractivity contribution in [1.82, 2.24) is 0 Å². The maximum Gasteiger partial charge on any atom is 0.136 e. The first kappa shape index (κ1) is 61.3. The fraction of sp³-hybridized carbons (Fsp3) is 0. The molecular formula is C100H66N2O2. The van der Waals surface area contributed by atoms with Gasteiger partial charge in [-0.05, 0) is 197 Å². The lowest BCUT2D eigenvalue weighted by Gasteiger charge is -2.28. The van der Waals surface area contributed by atoms with Crippen LogP contribution >= 0.6 is 0 Å². The van der Waals surface area contributed by atoms with E-state index in [4.69, 9.17) is 8.83 Å². The predicted molar refractivity (Wildman–Crippen MR) is 439 cm³/mol. The summed E-state index contributed by atoms with van der Waals surface area (Å²) in [5.74, 6) is 0. The number of furan rings is 2. The molecule has 20 aromatic rings. The zero-order valence-corrected chi connectivity index (χ0v) is 56.8. The molecule has 0 unspecified atom stereocenters. The maximum atomic E-state index is 6.27. The Kier molecular flexibility index (Phi) is 15.5. The van der Waals surface area contributed by atoms with E-state index in [1.807, 2.05) is 12.1 Å². The summed E-state index contributed by atoms with van der Waals surface area (Å²) in [5, 5.41) is 14.5. The molecule has 4 heteroatoms. The molecule has 2 heterocycles. The lowest BCUT2D eigenvalue weighted by atomic mass is 9.94. The van der Waals surface area contributed by atoms with E-state index in [2.05, 4.69) is 398 Å². The Morgan fingerprint density at radius 1 is 0.163 bits per heavy atom. The Labute approximate surface area is 603 Å². The molecule has 18 aromatic carbocycles. The molecule has 0 amide bonds. The summed E-state index contributed by atoms with van der Waals surface area (Å²) in [4.78, 5) is 4.72. The van der Waals surface area contributed by atoms with Crippen molar-refractivity contribution in [3.8, 4) is 66.8 Å². The summed E-state index contributed by atoms with van der Waals surface area (Å²) in [6, 6.07) is 143. The molecule has 0 N–H and O–H groups in total. The van der Waals surface area contributed by atoms with Gasteiger partial charge in [0.2, 0.25) is 0 Å². The van der Waals surface area contributed by atoms with Crippen molar-refractivity contribution in [2.45, 2.75) is 0 Å². The Hall–Kier alpha value is -13.8. The molecule has 0 saturated heterocycles. The van der Waals surface area contributed by atoms with Crippen molar-refractivity contribution in [3.63, 3.8) is 0 Å². The molecule has 0 aliphatic heterocycles. The van der Waals surface area contributed by atoms with Crippen LogP contribution in [0.15, 0.2) is 409 Å². The highest BCUT2D eigenvalue weighted by atomic mass is 16.3. The van der Waals surface area contributed by atoms with E-state index in [1.165, 1.54) is 115 Å². The average Bonchev–Trinajstić information content (AvgIpc) is 1.53. The Balaban J connectivity index is 0.000000143. The zero-order valence-electron chi connectivity index (χ0n) is 56.8. The molecule has 488 valence electrons. The van der Waals surface area contributed by atoms with Crippen LogP contribution in [0.25, 0.3) is 154 Å². The summed E-state index contributed by atoms with van der Waals surface area (Å²) in [6.07, 6.45) is 0. The molecule has 104 heavy (non-hydrogen) atoms. The smallest absolute Gasteiger partial charge is 0.136 e. The van der Waals surface area contributed by atoms with Crippen LogP contribution in [0.4, 0.5) is 34.1 Å². The van der Waals surface area contributed by atoms with Gasteiger partial charge in [-0.15, -0.1) is 0 Å². The Bertz CT molecular complexity index is 6460. The summed E-state index contributed by atoms with van der Waals surface area (Å²) >= 11 is 0. The number of hydrogen-bond acceptors (Lipinski definition) is 4. The number of para-hydroxylation sites is 3. The molecule has 0 aliphatic rings. The van der Waals surface area contributed by atoms with E-state index < -0.39 is 0 Å². The first-order valence-corrected chi connectivity index (χ1v) is 35.5. The van der Waals surface area contributed by atoms with Gasteiger partial charge in [0, 0.05) is 66.3 Å². The van der Waals surface area contributed by atoms with E-state index in [0.29, 0.717) is 0 Å². The van der Waals surface area contributed by atoms with Crippen molar-refractivity contribution < 1.29 is 8.83 Å². The van der Waals surface area contributed by atoms with Crippen molar-refractivity contribution >= 4 is 121 Å². The van der Waals surface area contributed by atoms with Gasteiger partial charge in [0.05, 0.1) is 5.69 Å². The van der Waals surface area contributed by atoms with E-state index in [-0.39, 0.29) is 0 Å². The lowest BCUT2D eigenvalue weighted by Crippen LogP contribution is -2.11. The first-order chi connectivity index (χ1) is 51.5. The zero-order chi connectivity index (χ0) is 68.9. The van der Waals surface area contributed by atoms with Gasteiger partial charge >= 0.3 is 0 Å². The number of nitrogens with zero attached hydrogens (tertiary/aromatic N) is 2. The van der Waals surface area contributed by atoms with E-state index >= 15 is 0 Å². The van der Waals surface area contributed by atoms with Crippen molar-refractivity contribution in [1.29, 1.82) is 0 Å². The second kappa shape index (κ2) is 26.4. The van der Waals surface area contributed by atoms with Crippen molar-refractivity contribution in [2.75, 3.05) is 9.80 Å². The largest absolute Gasteiger partial charge is 0.456 e. The molecule has 2 aromatic heterocycles. The van der Waals surface area contributed by atoms with E-state index in [0.717, 1.165) is 72.8 Å². The van der Waals surface area contributed by atoms with Gasteiger partial charge in [0.1, 0.15) is 22.3 Å². The fourth-order valence-electron chi connectivity index (χ4n) is 15.4. The van der Waals surface area contributed by atoms with Crippen molar-refractivity contribution in [3.05, 3.63) is 400 Å². The summed E-state index contributed by atoms with van der Waals surface area (Å²) in [7, 11) is 0. The SMILES string of the molecule is c1ccc(-c2ccc(N(c3ccc(-c4ccccc4)cc3)c3ccc(-c4ccc5c(ccc6ccc7oc8ccccc8c7c65)c4)cc3)cc2)cc1.c1ccc(-c2ccc(N(c3cccc(-c4ccc5c(ccc6ccc7oc8ccccc8c7c65)c4)c3)c3ccccc3-c3ccccc3)cc2)cc1. The van der Waals surface area contributed by atoms with Crippen LogP contribution in [0.3, 0.4) is 0 Å². The van der Waals surface area contributed by atoms with Gasteiger partial charge in [-0.3, -0.25) is 0 Å². The third kappa shape index (κ3) is 11.3. The minimum absolute atomic E-state index is 0.920. The lowest BCUT2D eigenvalue weighted by molar-refractivity contribution is 0.669. The highest BCUT2D eigenvalue weighted by molar-refractivity contribution is 6.28. The Morgan fingerprint density at radius 2 is 0.490 bits per heavy atom. The number of hydrogen-bond donors (Lipinski definition) is 0. The molecule has 4 nitrogen and oxygen atoms in total. The highest BCUT2D eigenvalue weighted by Gasteiger charge is 2.21. The van der Waals surface area contributed by atoms with Gasteiger partial charge in [-0.25, -0.2) is 0 Å². The van der Waals surface area contributed by atoms with E-state index in [1.54, 1.807) is 0 Å². The minimum Gasteiger partial charge on any atom is -0.456 e. The summed E-state index contributed by atoms with van der Waals surface area (Å²) in [5.41, 5.74) is 24.6. The quantitative estimate of drug-likeness (QED) is 0.114. The third-order valence-electron chi connectivity index (χ3n) is 20.5. The van der Waals surface area contributed by atoms with E-state index in [9.17, 15) is 0 Å².